The SMILES string of the molecule is Cc1ncc(-c2cc3c(-c4nc5c(-c6cccs6)cncc5[nH]4)n[nH]c3cn2)n1C. The summed E-state index contributed by atoms with van der Waals surface area (Å²) < 4.78 is 2.02. The highest BCUT2D eigenvalue weighted by Crippen LogP contribution is 2.33. The summed E-state index contributed by atoms with van der Waals surface area (Å²) in [6, 6.07) is 6.13. The van der Waals surface area contributed by atoms with Crippen molar-refractivity contribution >= 4 is 33.3 Å². The minimum absolute atomic E-state index is 0.695. The topological polar surface area (TPSA) is 101 Å². The third kappa shape index (κ3) is 2.49. The molecule has 8 nitrogen and oxygen atoms in total. The summed E-state index contributed by atoms with van der Waals surface area (Å²) in [7, 11) is 1.98. The highest BCUT2D eigenvalue weighted by Gasteiger charge is 2.17. The van der Waals surface area contributed by atoms with E-state index in [1.54, 1.807) is 23.7 Å². The minimum atomic E-state index is 0.695. The highest BCUT2D eigenvalue weighted by molar-refractivity contribution is 7.13. The summed E-state index contributed by atoms with van der Waals surface area (Å²) in [5.74, 6) is 1.63. The number of aromatic nitrogens is 8. The summed E-state index contributed by atoms with van der Waals surface area (Å²) in [5, 5.41) is 10.6. The zero-order valence-corrected chi connectivity index (χ0v) is 17.0. The van der Waals surface area contributed by atoms with Crippen LogP contribution in [0.1, 0.15) is 5.82 Å². The molecule has 30 heavy (non-hydrogen) atoms. The zero-order chi connectivity index (χ0) is 20.2. The second-order valence-corrected chi connectivity index (χ2v) is 8.03. The van der Waals surface area contributed by atoms with Crippen LogP contribution in [-0.2, 0) is 7.05 Å². The number of nitrogens with one attached hydrogen (secondary N) is 2. The summed E-state index contributed by atoms with van der Waals surface area (Å²) in [6.07, 6.45) is 7.28. The molecule has 0 aliphatic rings. The lowest BCUT2D eigenvalue weighted by atomic mass is 10.2. The van der Waals surface area contributed by atoms with Gasteiger partial charge < -0.3 is 9.55 Å². The molecule has 0 atom stereocenters. The van der Waals surface area contributed by atoms with E-state index in [-0.39, 0.29) is 0 Å². The fourth-order valence-electron chi connectivity index (χ4n) is 3.63. The van der Waals surface area contributed by atoms with Crippen molar-refractivity contribution in [2.24, 2.45) is 7.05 Å². The quantitative estimate of drug-likeness (QED) is 0.450. The van der Waals surface area contributed by atoms with Crippen LogP contribution in [0.2, 0.25) is 0 Å². The van der Waals surface area contributed by atoms with Gasteiger partial charge in [-0.25, -0.2) is 9.97 Å². The van der Waals surface area contributed by atoms with Crippen LogP contribution in [0.5, 0.6) is 0 Å². The number of imidazole rings is 2. The number of fused-ring (bicyclic) bond motifs is 2. The van der Waals surface area contributed by atoms with Gasteiger partial charge in [-0.15, -0.1) is 11.3 Å². The van der Waals surface area contributed by atoms with Gasteiger partial charge in [0.05, 0.1) is 41.0 Å². The summed E-state index contributed by atoms with van der Waals surface area (Å²) in [5.41, 5.74) is 6.17. The Morgan fingerprint density at radius 3 is 2.80 bits per heavy atom. The first-order valence-corrected chi connectivity index (χ1v) is 10.3. The van der Waals surface area contributed by atoms with E-state index in [0.29, 0.717) is 5.82 Å². The van der Waals surface area contributed by atoms with Crippen LogP contribution >= 0.6 is 11.3 Å². The molecule has 0 amide bonds. The lowest BCUT2D eigenvalue weighted by molar-refractivity contribution is 0.862. The van der Waals surface area contributed by atoms with Crippen molar-refractivity contribution in [1.82, 2.24) is 39.7 Å². The number of pyridine rings is 2. The Kier molecular flexibility index (Phi) is 3.59. The third-order valence-electron chi connectivity index (χ3n) is 5.34. The first-order chi connectivity index (χ1) is 14.7. The zero-order valence-electron chi connectivity index (χ0n) is 16.2. The number of aryl methyl sites for hydroxylation is 1. The van der Waals surface area contributed by atoms with Gasteiger partial charge in [-0.3, -0.25) is 15.1 Å². The van der Waals surface area contributed by atoms with Crippen LogP contribution in [0.25, 0.3) is 55.3 Å². The number of nitrogens with zero attached hydrogens (tertiary/aromatic N) is 6. The lowest BCUT2D eigenvalue weighted by Crippen LogP contribution is -1.95. The van der Waals surface area contributed by atoms with E-state index in [4.69, 9.17) is 4.98 Å². The van der Waals surface area contributed by atoms with E-state index in [1.807, 2.05) is 43.1 Å². The Labute approximate surface area is 174 Å². The standard InChI is InChI=1S/C21H16N8S/c1-11-23-10-17(29(11)2)14-6-12-15(9-24-14)27-28-20(12)21-25-16-8-22-7-13(19(16)26-21)18-4-3-5-30-18/h3-10H,1-2H3,(H,25,26)(H,27,28). The predicted molar refractivity (Wildman–Crippen MR) is 117 cm³/mol. The summed E-state index contributed by atoms with van der Waals surface area (Å²) >= 11 is 1.67. The molecule has 9 heteroatoms. The molecule has 146 valence electrons. The number of rotatable bonds is 3. The molecule has 2 N–H and O–H groups in total. The highest BCUT2D eigenvalue weighted by atomic mass is 32.1. The normalized spacial score (nSPS) is 11.7. The molecule has 6 rings (SSSR count). The Morgan fingerprint density at radius 1 is 1.07 bits per heavy atom. The molecule has 0 bridgehead atoms. The second-order valence-electron chi connectivity index (χ2n) is 7.08. The van der Waals surface area contributed by atoms with Gasteiger partial charge in [0, 0.05) is 29.1 Å². The molecule has 0 spiro atoms. The van der Waals surface area contributed by atoms with Gasteiger partial charge in [0.15, 0.2) is 5.82 Å². The Bertz CT molecular complexity index is 1520. The van der Waals surface area contributed by atoms with E-state index in [2.05, 4.69) is 41.6 Å². The van der Waals surface area contributed by atoms with Crippen LogP contribution in [0.3, 0.4) is 0 Å². The maximum Gasteiger partial charge on any atom is 0.159 e. The largest absolute Gasteiger partial charge is 0.335 e. The average molecular weight is 412 g/mol. The van der Waals surface area contributed by atoms with Crippen LogP contribution in [0, 0.1) is 6.92 Å². The van der Waals surface area contributed by atoms with Crippen molar-refractivity contribution in [2.75, 3.05) is 0 Å². The lowest BCUT2D eigenvalue weighted by Gasteiger charge is -2.03. The van der Waals surface area contributed by atoms with E-state index < -0.39 is 0 Å². The number of thiophene rings is 1. The van der Waals surface area contributed by atoms with E-state index in [1.165, 1.54) is 0 Å². The van der Waals surface area contributed by atoms with Crippen molar-refractivity contribution in [2.45, 2.75) is 6.92 Å². The van der Waals surface area contributed by atoms with Gasteiger partial charge >= 0.3 is 0 Å². The average Bonchev–Trinajstić information content (AvgIpc) is 3.54. The molecule has 6 aromatic rings. The van der Waals surface area contributed by atoms with Crippen LogP contribution < -0.4 is 0 Å². The molecular weight excluding hydrogens is 396 g/mol. The van der Waals surface area contributed by atoms with E-state index >= 15 is 0 Å². The molecule has 0 saturated heterocycles. The fourth-order valence-corrected chi connectivity index (χ4v) is 4.37. The number of hydrogen-bond donors (Lipinski definition) is 2. The molecule has 0 fully saturated rings. The monoisotopic (exact) mass is 412 g/mol. The van der Waals surface area contributed by atoms with Gasteiger partial charge in [-0.1, -0.05) is 6.07 Å². The number of aromatic amines is 2. The van der Waals surface area contributed by atoms with E-state index in [9.17, 15) is 0 Å². The molecule has 0 saturated carbocycles. The first-order valence-electron chi connectivity index (χ1n) is 9.40. The van der Waals surface area contributed by atoms with Crippen molar-refractivity contribution in [1.29, 1.82) is 0 Å². The summed E-state index contributed by atoms with van der Waals surface area (Å²) in [6.45, 7) is 1.97. The van der Waals surface area contributed by atoms with E-state index in [0.717, 1.165) is 55.3 Å². The molecule has 6 aromatic heterocycles. The maximum absolute atomic E-state index is 4.88. The second kappa shape index (κ2) is 6.33. The Hall–Kier alpha value is -3.85. The first kappa shape index (κ1) is 17.0. The Balaban J connectivity index is 1.53. The molecule has 0 unspecified atom stereocenters. The number of hydrogen-bond acceptors (Lipinski definition) is 6. The maximum atomic E-state index is 4.88. The van der Waals surface area contributed by atoms with Gasteiger partial charge in [0.1, 0.15) is 17.0 Å². The predicted octanol–water partition coefficient (Wildman–Crippen LogP) is 4.33. The van der Waals surface area contributed by atoms with Crippen LogP contribution in [0.4, 0.5) is 0 Å². The van der Waals surface area contributed by atoms with Crippen LogP contribution in [0.15, 0.2) is 48.4 Å². The third-order valence-corrected chi connectivity index (χ3v) is 6.24. The smallest absolute Gasteiger partial charge is 0.159 e. The molecule has 6 heterocycles. The molecule has 0 radical (unpaired) electrons. The van der Waals surface area contributed by atoms with Crippen molar-refractivity contribution in [3.05, 3.63) is 54.2 Å². The fraction of sp³-hybridized carbons (Fsp3) is 0.0952. The van der Waals surface area contributed by atoms with Gasteiger partial charge in [-0.2, -0.15) is 5.10 Å². The van der Waals surface area contributed by atoms with Gasteiger partial charge in [0.2, 0.25) is 0 Å². The van der Waals surface area contributed by atoms with Crippen molar-refractivity contribution in [3.63, 3.8) is 0 Å². The van der Waals surface area contributed by atoms with Crippen molar-refractivity contribution in [3.8, 4) is 33.3 Å². The van der Waals surface area contributed by atoms with Gasteiger partial charge in [0.25, 0.3) is 0 Å². The molecular formula is C21H16N8S. The van der Waals surface area contributed by atoms with Gasteiger partial charge in [-0.05, 0) is 24.4 Å². The minimum Gasteiger partial charge on any atom is -0.335 e. The van der Waals surface area contributed by atoms with Crippen LogP contribution in [-0.4, -0.2) is 39.7 Å². The molecule has 0 aliphatic carbocycles. The van der Waals surface area contributed by atoms with Crippen molar-refractivity contribution < 1.29 is 0 Å². The Morgan fingerprint density at radius 2 is 2.00 bits per heavy atom. The molecule has 0 aliphatic heterocycles. The molecule has 0 aromatic carbocycles. The summed E-state index contributed by atoms with van der Waals surface area (Å²) in [4.78, 5) is 22.7. The number of H-pyrrole nitrogens is 2.